The van der Waals surface area contributed by atoms with Crippen LogP contribution in [0.2, 0.25) is 0 Å². The molecule has 5 aliphatic heterocycles. The summed E-state index contributed by atoms with van der Waals surface area (Å²) in [6.45, 7) is 13.4. The van der Waals surface area contributed by atoms with Crippen molar-refractivity contribution >= 4 is 50.9 Å². The largest absolute Gasteiger partial charge is 0.508 e. The summed E-state index contributed by atoms with van der Waals surface area (Å²) in [7, 11) is 0. The van der Waals surface area contributed by atoms with Crippen molar-refractivity contribution in [2.45, 2.75) is 116 Å². The number of aromatic hydroxyl groups is 1. The number of anilines is 2. The number of aromatic nitrogens is 3. The van der Waals surface area contributed by atoms with Gasteiger partial charge in [0.1, 0.15) is 34.6 Å². The molecule has 7 aliphatic rings. The maximum atomic E-state index is 17.2. The van der Waals surface area contributed by atoms with Crippen molar-refractivity contribution in [1.29, 1.82) is 0 Å². The Bertz CT molecular complexity index is 3070. The van der Waals surface area contributed by atoms with Crippen LogP contribution in [-0.2, 0) is 22.6 Å². The summed E-state index contributed by atoms with van der Waals surface area (Å²) in [4.78, 5) is 63.0. The van der Waals surface area contributed by atoms with Crippen LogP contribution in [-0.4, -0.2) is 141 Å². The van der Waals surface area contributed by atoms with Crippen molar-refractivity contribution in [3.05, 3.63) is 77.0 Å². The molecule has 0 bridgehead atoms. The average Bonchev–Trinajstić information content (AvgIpc) is 4.09. The second kappa shape index (κ2) is 19.5. The van der Waals surface area contributed by atoms with E-state index in [1.165, 1.54) is 50.7 Å². The first kappa shape index (κ1) is 49.8. The number of hydrogen-bond acceptors (Lipinski definition) is 13. The number of nitrogens with one attached hydrogen (secondary N) is 1. The molecule has 75 heavy (non-hydrogen) atoms. The molecule has 2 atom stereocenters. The van der Waals surface area contributed by atoms with Crippen LogP contribution < -0.4 is 19.9 Å². The predicted octanol–water partition coefficient (Wildman–Crippen LogP) is 7.76. The third-order valence-electron chi connectivity index (χ3n) is 18.2. The number of carbonyl (C=O) groups excluding carboxylic acids is 3. The van der Waals surface area contributed by atoms with Crippen LogP contribution in [0.5, 0.6) is 11.8 Å². The van der Waals surface area contributed by atoms with Crippen LogP contribution in [0.4, 0.5) is 20.3 Å². The number of piperazine rings is 1. The first-order valence-corrected chi connectivity index (χ1v) is 27.5. The monoisotopic (exact) mass is 1030 g/mol. The number of aryl methyl sites for hydroxylation is 1. The number of hydrogen-bond donors (Lipinski definition) is 3. The molecule has 7 heterocycles. The molecule has 2 aliphatic carbocycles. The number of phenolic OH excluding ortho intramolecular Hbond substituents is 1. The van der Waals surface area contributed by atoms with E-state index in [0.29, 0.717) is 89.9 Å². The quantitative estimate of drug-likeness (QED) is 0.104. The molecule has 396 valence electrons. The van der Waals surface area contributed by atoms with Crippen molar-refractivity contribution in [1.82, 2.24) is 35.0 Å². The Hall–Kier alpha value is -6.04. The second-order valence-corrected chi connectivity index (χ2v) is 23.5. The summed E-state index contributed by atoms with van der Waals surface area (Å²) in [6.07, 6.45) is 13.5. The zero-order valence-electron chi connectivity index (χ0n) is 43.3. The van der Waals surface area contributed by atoms with Gasteiger partial charge in [-0.15, -0.1) is 0 Å². The van der Waals surface area contributed by atoms with Gasteiger partial charge < -0.3 is 34.5 Å². The SMILES string of the molecule is CCc1c(F)ccc2cc(O)cc(-c3ncc4c(N5CCC[C@@](C)(O)C5)nc(OCC5(CN6CCC7(CCC(CN8CCN(c9ccc%10c(c9)CN([C@H]9CCC(=O)NC9=O)C%10=O)CC8)CC7)CC6)CC5)nc4c3F)c12. The zero-order chi connectivity index (χ0) is 51.8. The Morgan fingerprint density at radius 1 is 0.840 bits per heavy atom. The van der Waals surface area contributed by atoms with Gasteiger partial charge in [-0.25, -0.2) is 8.78 Å². The van der Waals surface area contributed by atoms with Gasteiger partial charge in [-0.2, -0.15) is 9.97 Å². The maximum Gasteiger partial charge on any atom is 0.319 e. The van der Waals surface area contributed by atoms with Crippen LogP contribution in [0.1, 0.15) is 112 Å². The molecule has 2 aromatic heterocycles. The van der Waals surface area contributed by atoms with E-state index < -0.39 is 23.3 Å². The van der Waals surface area contributed by atoms with Crippen LogP contribution in [0.15, 0.2) is 48.7 Å². The number of ether oxygens (including phenoxy) is 1. The molecule has 12 rings (SSSR count). The number of carbonyl (C=O) groups is 3. The number of amides is 3. The first-order chi connectivity index (χ1) is 36.1. The Labute approximate surface area is 436 Å². The fourth-order valence-electron chi connectivity index (χ4n) is 13.6. The minimum Gasteiger partial charge on any atom is -0.508 e. The van der Waals surface area contributed by atoms with Gasteiger partial charge in [-0.3, -0.25) is 29.6 Å². The number of halogens is 2. The first-order valence-electron chi connectivity index (χ1n) is 27.5. The van der Waals surface area contributed by atoms with Gasteiger partial charge in [0.25, 0.3) is 5.91 Å². The molecule has 17 heteroatoms. The molecule has 3 aromatic carbocycles. The fraction of sp³-hybridized carbons (Fsp3) is 0.552. The lowest BCUT2D eigenvalue weighted by molar-refractivity contribution is -0.136. The molecule has 15 nitrogen and oxygen atoms in total. The van der Waals surface area contributed by atoms with Gasteiger partial charge in [0.2, 0.25) is 11.8 Å². The third-order valence-corrected chi connectivity index (χ3v) is 18.2. The number of fused-ring (bicyclic) bond motifs is 3. The Balaban J connectivity index is 0.653. The highest BCUT2D eigenvalue weighted by atomic mass is 19.1. The van der Waals surface area contributed by atoms with Gasteiger partial charge in [-0.1, -0.05) is 13.0 Å². The van der Waals surface area contributed by atoms with Gasteiger partial charge in [0, 0.05) is 93.7 Å². The number of β-amino-alcohol motifs (C(OH)–C–C–N with tert-alkyl or cyclic N) is 1. The van der Waals surface area contributed by atoms with Gasteiger partial charge in [0.05, 0.1) is 17.6 Å². The van der Waals surface area contributed by atoms with E-state index in [0.717, 1.165) is 82.9 Å². The lowest BCUT2D eigenvalue weighted by Gasteiger charge is -2.47. The number of pyridine rings is 1. The molecule has 1 spiro atoms. The van der Waals surface area contributed by atoms with Crippen molar-refractivity contribution in [2.75, 3.05) is 81.9 Å². The molecule has 3 N–H and O–H groups in total. The number of imide groups is 1. The summed E-state index contributed by atoms with van der Waals surface area (Å²) < 4.78 is 38.9. The summed E-state index contributed by atoms with van der Waals surface area (Å²) in [5.41, 5.74) is 2.79. The zero-order valence-corrected chi connectivity index (χ0v) is 43.3. The second-order valence-electron chi connectivity index (χ2n) is 23.5. The number of nitrogens with zero attached hydrogens (tertiary/aromatic N) is 8. The van der Waals surface area contributed by atoms with Crippen LogP contribution >= 0.6 is 0 Å². The highest BCUT2D eigenvalue weighted by molar-refractivity contribution is 6.06. The molecular formula is C58H69F2N9O6. The highest BCUT2D eigenvalue weighted by Gasteiger charge is 2.47. The molecular weight excluding hydrogens is 957 g/mol. The van der Waals surface area contributed by atoms with Crippen LogP contribution in [0.25, 0.3) is 32.9 Å². The van der Waals surface area contributed by atoms with Gasteiger partial charge in [-0.05, 0) is 167 Å². The average molecular weight is 1030 g/mol. The van der Waals surface area contributed by atoms with Gasteiger partial charge >= 0.3 is 6.01 Å². The standard InChI is InChI=1S/C58H69F2N9O6/c1-3-41-45(59)8-5-37-28-40(70)29-43(48(37)41)50-49(60)51-44(30-61-50)52(68-20-4-13-56(2,74)33-68)64-55(63-51)75-35-58(16-17-58)34-66-21-18-57(19-22-66)14-11-36(12-15-57)31-65-23-25-67(26-24-65)39-6-7-42-38(27-39)32-69(54(42)73)46-9-10-47(71)62-53(46)72/h5-8,27-30,36,46,70,74H,3-4,9-26,31-35H2,1-2H3,(H,62,71,72)/t46-,56+/m0/s1. The molecule has 3 amide bonds. The van der Waals surface area contributed by atoms with Crippen molar-refractivity contribution < 1.29 is 38.1 Å². The van der Waals surface area contributed by atoms with E-state index in [9.17, 15) is 24.6 Å². The third kappa shape index (κ3) is 9.77. The van der Waals surface area contributed by atoms with E-state index in [2.05, 4.69) is 31.1 Å². The molecule has 0 radical (unpaired) electrons. The summed E-state index contributed by atoms with van der Waals surface area (Å²) in [6, 6.07) is 11.5. The number of benzene rings is 3. The minimum atomic E-state index is -0.961. The summed E-state index contributed by atoms with van der Waals surface area (Å²) >= 11 is 0. The van der Waals surface area contributed by atoms with E-state index in [1.807, 2.05) is 24.0 Å². The summed E-state index contributed by atoms with van der Waals surface area (Å²) in [5.74, 6) is -0.844. The molecule has 0 unspecified atom stereocenters. The number of piperidine rings is 3. The Morgan fingerprint density at radius 2 is 1.63 bits per heavy atom. The van der Waals surface area contributed by atoms with Gasteiger partial charge in [0.15, 0.2) is 5.82 Å². The lowest BCUT2D eigenvalue weighted by Crippen LogP contribution is -2.52. The van der Waals surface area contributed by atoms with E-state index in [1.54, 1.807) is 30.2 Å². The number of likely N-dealkylation sites (tertiary alicyclic amines) is 1. The molecule has 2 saturated carbocycles. The highest BCUT2D eigenvalue weighted by Crippen LogP contribution is 2.50. The van der Waals surface area contributed by atoms with E-state index in [-0.39, 0.29) is 58.1 Å². The number of phenols is 1. The number of rotatable bonds is 12. The van der Waals surface area contributed by atoms with Crippen molar-refractivity contribution in [3.8, 4) is 23.0 Å². The topological polar surface area (TPSA) is 168 Å². The fourth-order valence-corrected chi connectivity index (χ4v) is 13.6. The van der Waals surface area contributed by atoms with E-state index >= 15 is 8.78 Å². The Morgan fingerprint density at radius 3 is 2.36 bits per heavy atom. The summed E-state index contributed by atoms with van der Waals surface area (Å²) in [5, 5.41) is 25.7. The molecule has 5 aromatic rings. The smallest absolute Gasteiger partial charge is 0.319 e. The maximum absolute atomic E-state index is 17.2. The van der Waals surface area contributed by atoms with E-state index in [4.69, 9.17) is 14.7 Å². The predicted molar refractivity (Wildman–Crippen MR) is 282 cm³/mol. The van der Waals surface area contributed by atoms with Crippen LogP contribution in [0, 0.1) is 28.4 Å². The lowest BCUT2D eigenvalue weighted by atomic mass is 9.65. The van der Waals surface area contributed by atoms with Crippen LogP contribution in [0.3, 0.4) is 0 Å². The minimum absolute atomic E-state index is 0.0229. The van der Waals surface area contributed by atoms with Crippen molar-refractivity contribution in [3.63, 3.8) is 0 Å². The normalized spacial score (nSPS) is 24.4. The molecule has 4 saturated heterocycles. The number of aliphatic hydroxyl groups is 1. The van der Waals surface area contributed by atoms with Crippen molar-refractivity contribution in [2.24, 2.45) is 16.7 Å². The Kier molecular flexibility index (Phi) is 13.0. The molecule has 6 fully saturated rings.